The zero-order chi connectivity index (χ0) is 20.7. The maximum atomic E-state index is 13.2. The van der Waals surface area contributed by atoms with Crippen LogP contribution in [-0.4, -0.2) is 50.0 Å². The molecular weight excluding hydrogens is 376 g/mol. The fourth-order valence-electron chi connectivity index (χ4n) is 4.71. The Morgan fingerprint density at radius 1 is 1.07 bits per heavy atom. The fourth-order valence-corrected chi connectivity index (χ4v) is 4.71. The van der Waals surface area contributed by atoms with Crippen LogP contribution in [0.4, 0.5) is 5.82 Å². The summed E-state index contributed by atoms with van der Waals surface area (Å²) in [6.07, 6.45) is 9.24. The molecule has 2 aliphatic rings. The average molecular weight is 405 g/mol. The molecule has 0 spiro atoms. The van der Waals surface area contributed by atoms with Crippen molar-refractivity contribution >= 4 is 17.4 Å². The Bertz CT molecular complexity index is 1080. The molecule has 5 heterocycles. The van der Waals surface area contributed by atoms with E-state index in [1.165, 1.54) is 12.8 Å². The monoisotopic (exact) mass is 404 g/mol. The molecule has 0 aliphatic carbocycles. The van der Waals surface area contributed by atoms with Gasteiger partial charge in [0.25, 0.3) is 5.91 Å². The highest BCUT2D eigenvalue weighted by atomic mass is 16.2. The van der Waals surface area contributed by atoms with Gasteiger partial charge < -0.3 is 9.80 Å². The molecule has 2 fully saturated rings. The number of rotatable bonds is 3. The molecule has 5 rings (SSSR count). The highest BCUT2D eigenvalue weighted by Gasteiger charge is 2.31. The zero-order valence-corrected chi connectivity index (χ0v) is 17.7. The first-order valence-corrected chi connectivity index (χ1v) is 11.0. The Labute approximate surface area is 176 Å². The summed E-state index contributed by atoms with van der Waals surface area (Å²) in [5.41, 5.74) is 4.46. The number of pyridine rings is 1. The second-order valence-electron chi connectivity index (χ2n) is 8.54. The Kier molecular flexibility index (Phi) is 4.89. The molecule has 7 nitrogen and oxygen atoms in total. The van der Waals surface area contributed by atoms with Crippen LogP contribution in [0, 0.1) is 13.8 Å². The van der Waals surface area contributed by atoms with Crippen molar-refractivity contribution in [3.8, 4) is 0 Å². The molecule has 2 saturated heterocycles. The number of amides is 1. The van der Waals surface area contributed by atoms with Crippen molar-refractivity contribution in [2.45, 2.75) is 52.0 Å². The Balaban J connectivity index is 1.48. The Morgan fingerprint density at radius 2 is 1.87 bits per heavy atom. The average Bonchev–Trinajstić information content (AvgIpc) is 3.42. The first kappa shape index (κ1) is 19.0. The predicted octanol–water partition coefficient (Wildman–Crippen LogP) is 3.71. The first-order valence-electron chi connectivity index (χ1n) is 11.0. The highest BCUT2D eigenvalue weighted by Crippen LogP contribution is 2.32. The van der Waals surface area contributed by atoms with Gasteiger partial charge in [-0.05, 0) is 63.6 Å². The largest absolute Gasteiger partial charge is 0.356 e. The van der Waals surface area contributed by atoms with Gasteiger partial charge in [0.1, 0.15) is 11.5 Å². The molecule has 0 saturated carbocycles. The van der Waals surface area contributed by atoms with E-state index in [-0.39, 0.29) is 11.9 Å². The minimum Gasteiger partial charge on any atom is -0.356 e. The predicted molar refractivity (Wildman–Crippen MR) is 116 cm³/mol. The highest BCUT2D eigenvalue weighted by molar-refractivity contribution is 5.92. The van der Waals surface area contributed by atoms with E-state index in [0.29, 0.717) is 5.69 Å². The molecule has 30 heavy (non-hydrogen) atoms. The molecule has 1 unspecified atom stereocenters. The van der Waals surface area contributed by atoms with E-state index in [1.54, 1.807) is 6.20 Å². The molecule has 1 atom stereocenters. The second kappa shape index (κ2) is 7.70. The third-order valence-electron chi connectivity index (χ3n) is 6.27. The fraction of sp³-hybridized carbons (Fsp3) is 0.478. The van der Waals surface area contributed by atoms with Gasteiger partial charge >= 0.3 is 0 Å². The lowest BCUT2D eigenvalue weighted by Gasteiger charge is -2.34. The normalized spacial score (nSPS) is 19.6. The van der Waals surface area contributed by atoms with Gasteiger partial charge in [-0.3, -0.25) is 9.78 Å². The van der Waals surface area contributed by atoms with E-state index in [1.807, 2.05) is 28.5 Å². The molecular formula is C23H28N6O. The van der Waals surface area contributed by atoms with E-state index in [4.69, 9.17) is 10.1 Å². The standard InChI is InChI=1S/C23H28N6O/c1-16-8-9-24-19(13-16)23(30)28-12-4-3-7-20(28)18-14-21-25-22(27-10-5-6-11-27)17(2)15-29(21)26-18/h8-9,13-15,20H,3-7,10-12H2,1-2H3. The van der Waals surface area contributed by atoms with Gasteiger partial charge in [0, 0.05) is 43.7 Å². The van der Waals surface area contributed by atoms with E-state index >= 15 is 0 Å². The van der Waals surface area contributed by atoms with Gasteiger partial charge in [0.15, 0.2) is 5.65 Å². The summed E-state index contributed by atoms with van der Waals surface area (Å²) in [6, 6.07) is 5.80. The lowest BCUT2D eigenvalue weighted by molar-refractivity contribution is 0.0599. The van der Waals surface area contributed by atoms with Crippen molar-refractivity contribution < 1.29 is 4.79 Å². The van der Waals surface area contributed by atoms with Gasteiger partial charge in [-0.2, -0.15) is 5.10 Å². The molecule has 0 aromatic carbocycles. The Morgan fingerprint density at radius 3 is 2.67 bits per heavy atom. The van der Waals surface area contributed by atoms with Gasteiger partial charge in [-0.15, -0.1) is 0 Å². The minimum absolute atomic E-state index is 0.0117. The van der Waals surface area contributed by atoms with Crippen molar-refractivity contribution in [3.63, 3.8) is 0 Å². The number of nitrogens with zero attached hydrogens (tertiary/aromatic N) is 6. The summed E-state index contributed by atoms with van der Waals surface area (Å²) < 4.78 is 1.87. The van der Waals surface area contributed by atoms with Gasteiger partial charge in [0.05, 0.1) is 11.7 Å². The van der Waals surface area contributed by atoms with Crippen LogP contribution in [0.25, 0.3) is 5.65 Å². The molecule has 7 heteroatoms. The van der Waals surface area contributed by atoms with Crippen molar-refractivity contribution in [3.05, 3.63) is 53.1 Å². The first-order chi connectivity index (χ1) is 14.6. The van der Waals surface area contributed by atoms with Crippen LogP contribution in [0.5, 0.6) is 0 Å². The maximum Gasteiger partial charge on any atom is 0.273 e. The lowest BCUT2D eigenvalue weighted by Crippen LogP contribution is -2.39. The number of anilines is 1. The number of piperidine rings is 1. The number of hydrogen-bond acceptors (Lipinski definition) is 5. The molecule has 0 N–H and O–H groups in total. The van der Waals surface area contributed by atoms with Crippen molar-refractivity contribution in [2.75, 3.05) is 24.5 Å². The van der Waals surface area contributed by atoms with E-state index in [9.17, 15) is 4.79 Å². The topological polar surface area (TPSA) is 66.6 Å². The minimum atomic E-state index is -0.0363. The van der Waals surface area contributed by atoms with Gasteiger partial charge in [0.2, 0.25) is 0 Å². The molecule has 3 aromatic rings. The zero-order valence-electron chi connectivity index (χ0n) is 17.7. The van der Waals surface area contributed by atoms with Crippen LogP contribution in [-0.2, 0) is 0 Å². The molecule has 0 radical (unpaired) electrons. The summed E-state index contributed by atoms with van der Waals surface area (Å²) in [5.74, 6) is 1.05. The van der Waals surface area contributed by atoms with Crippen LogP contribution in [0.2, 0.25) is 0 Å². The summed E-state index contributed by atoms with van der Waals surface area (Å²) in [5, 5.41) is 4.83. The number of carbonyl (C=O) groups excluding carboxylic acids is 1. The van der Waals surface area contributed by atoms with Gasteiger partial charge in [-0.1, -0.05) is 0 Å². The van der Waals surface area contributed by atoms with Crippen molar-refractivity contribution in [1.82, 2.24) is 24.5 Å². The van der Waals surface area contributed by atoms with Gasteiger partial charge in [-0.25, -0.2) is 9.50 Å². The number of hydrogen-bond donors (Lipinski definition) is 0. The summed E-state index contributed by atoms with van der Waals surface area (Å²) >= 11 is 0. The van der Waals surface area contributed by atoms with Crippen molar-refractivity contribution in [2.24, 2.45) is 0 Å². The van der Waals surface area contributed by atoms with Crippen LogP contribution in [0.1, 0.15) is 65.5 Å². The molecule has 0 bridgehead atoms. The summed E-state index contributed by atoms with van der Waals surface area (Å²) in [6.45, 7) is 6.96. The molecule has 156 valence electrons. The van der Waals surface area contributed by atoms with Crippen LogP contribution in [0.3, 0.4) is 0 Å². The smallest absolute Gasteiger partial charge is 0.273 e. The second-order valence-corrected chi connectivity index (χ2v) is 8.54. The van der Waals surface area contributed by atoms with Crippen LogP contribution < -0.4 is 4.90 Å². The third-order valence-corrected chi connectivity index (χ3v) is 6.27. The molecule has 3 aromatic heterocycles. The van der Waals surface area contributed by atoms with E-state index in [2.05, 4.69) is 29.1 Å². The quantitative estimate of drug-likeness (QED) is 0.666. The number of aryl methyl sites for hydroxylation is 2. The number of likely N-dealkylation sites (tertiary alicyclic amines) is 1. The SMILES string of the molecule is Cc1ccnc(C(=O)N2CCCCC2c2cc3nc(N4CCCC4)c(C)cn3n2)c1. The summed E-state index contributed by atoms with van der Waals surface area (Å²) in [4.78, 5) is 26.8. The van der Waals surface area contributed by atoms with Crippen LogP contribution in [0.15, 0.2) is 30.6 Å². The molecule has 2 aliphatic heterocycles. The third kappa shape index (κ3) is 3.42. The Hall–Kier alpha value is -2.96. The van der Waals surface area contributed by atoms with E-state index in [0.717, 1.165) is 67.2 Å². The summed E-state index contributed by atoms with van der Waals surface area (Å²) in [7, 11) is 0. The van der Waals surface area contributed by atoms with Crippen LogP contribution >= 0.6 is 0 Å². The number of aromatic nitrogens is 4. The van der Waals surface area contributed by atoms with Crippen molar-refractivity contribution in [1.29, 1.82) is 0 Å². The lowest BCUT2D eigenvalue weighted by atomic mass is 9.98. The number of carbonyl (C=O) groups is 1. The maximum absolute atomic E-state index is 13.2. The van der Waals surface area contributed by atoms with E-state index < -0.39 is 0 Å². The molecule has 1 amide bonds. The number of fused-ring (bicyclic) bond motifs is 1.